The zero-order valence-electron chi connectivity index (χ0n) is 15.9. The molecule has 0 atom stereocenters. The largest absolute Gasteiger partial charge is 0.471 e. The number of ether oxygens (including phenoxy) is 2. The van der Waals surface area contributed by atoms with Crippen LogP contribution in [0.5, 0.6) is 17.4 Å². The fourth-order valence-corrected chi connectivity index (χ4v) is 2.95. The number of benzene rings is 1. The second-order valence-electron chi connectivity index (χ2n) is 7.20. The van der Waals surface area contributed by atoms with Gasteiger partial charge in [0.15, 0.2) is 17.4 Å². The summed E-state index contributed by atoms with van der Waals surface area (Å²) in [5, 5.41) is 4.45. The van der Waals surface area contributed by atoms with Crippen LogP contribution in [-0.4, -0.2) is 20.9 Å². The molecule has 3 aromatic rings. The van der Waals surface area contributed by atoms with E-state index in [2.05, 4.69) is 10.1 Å². The van der Waals surface area contributed by atoms with Gasteiger partial charge in [-0.15, -0.1) is 5.10 Å². The molecule has 0 radical (unpaired) electrons. The number of aromatic nitrogens is 3. The molecule has 2 aromatic heterocycles. The number of nitrogens with zero attached hydrogens (tertiary/aromatic N) is 3. The number of pyridine rings is 1. The van der Waals surface area contributed by atoms with Crippen LogP contribution in [0.2, 0.25) is 0 Å². The van der Waals surface area contributed by atoms with E-state index in [0.29, 0.717) is 17.4 Å². The summed E-state index contributed by atoms with van der Waals surface area (Å²) in [5.41, 5.74) is 1.79. The molecule has 1 aromatic carbocycles. The quantitative estimate of drug-likeness (QED) is 0.577. The smallest absolute Gasteiger partial charge is 0.277 e. The predicted octanol–water partition coefficient (Wildman–Crippen LogP) is 5.31. The molecule has 1 aliphatic rings. The maximum Gasteiger partial charge on any atom is 0.277 e. The van der Waals surface area contributed by atoms with Gasteiger partial charge in [0, 0.05) is 12.3 Å². The van der Waals surface area contributed by atoms with Crippen LogP contribution in [0.4, 0.5) is 8.78 Å². The summed E-state index contributed by atoms with van der Waals surface area (Å²) in [6.45, 7) is 5.47. The minimum absolute atomic E-state index is 0.173. The van der Waals surface area contributed by atoms with E-state index in [0.717, 1.165) is 18.2 Å². The topological polar surface area (TPSA) is 49.2 Å². The van der Waals surface area contributed by atoms with Crippen LogP contribution in [0.15, 0.2) is 36.5 Å². The van der Waals surface area contributed by atoms with Gasteiger partial charge in [-0.05, 0) is 63.3 Å². The second kappa shape index (κ2) is 7.22. The molecule has 0 bridgehead atoms. The summed E-state index contributed by atoms with van der Waals surface area (Å²) in [6, 6.07) is 6.98. The maximum absolute atomic E-state index is 14.1. The molecule has 0 aliphatic heterocycles. The second-order valence-corrected chi connectivity index (χ2v) is 7.20. The molecule has 1 fully saturated rings. The first-order valence-electron chi connectivity index (χ1n) is 9.28. The van der Waals surface area contributed by atoms with Crippen molar-refractivity contribution in [2.75, 3.05) is 0 Å². The van der Waals surface area contributed by atoms with Crippen LogP contribution < -0.4 is 9.47 Å². The summed E-state index contributed by atoms with van der Waals surface area (Å²) in [7, 11) is 0. The summed E-state index contributed by atoms with van der Waals surface area (Å²) < 4.78 is 40.6. The van der Waals surface area contributed by atoms with Crippen LogP contribution in [-0.2, 0) is 0 Å². The normalized spacial score (nSPS) is 13.8. The van der Waals surface area contributed by atoms with Gasteiger partial charge in [-0.1, -0.05) is 6.07 Å². The molecule has 1 saturated carbocycles. The third-order valence-corrected chi connectivity index (χ3v) is 4.52. The predicted molar refractivity (Wildman–Crippen MR) is 100 cm³/mol. The van der Waals surface area contributed by atoms with Crippen molar-refractivity contribution < 1.29 is 18.3 Å². The monoisotopic (exact) mass is 385 g/mol. The Kier molecular flexibility index (Phi) is 4.75. The van der Waals surface area contributed by atoms with E-state index in [1.54, 1.807) is 11.6 Å². The summed E-state index contributed by atoms with van der Waals surface area (Å²) in [4.78, 5) is 4.50. The van der Waals surface area contributed by atoms with E-state index < -0.39 is 11.6 Å². The Morgan fingerprint density at radius 2 is 1.93 bits per heavy atom. The molecule has 7 heteroatoms. The lowest BCUT2D eigenvalue weighted by Gasteiger charge is -2.10. The van der Waals surface area contributed by atoms with E-state index in [1.165, 1.54) is 18.4 Å². The Labute approximate surface area is 161 Å². The van der Waals surface area contributed by atoms with Gasteiger partial charge in [-0.2, -0.15) is 0 Å². The van der Waals surface area contributed by atoms with Gasteiger partial charge >= 0.3 is 0 Å². The summed E-state index contributed by atoms with van der Waals surface area (Å²) in [5.74, 6) is 0.143. The van der Waals surface area contributed by atoms with Gasteiger partial charge in [0.25, 0.3) is 5.88 Å². The van der Waals surface area contributed by atoms with Gasteiger partial charge in [-0.3, -0.25) is 0 Å². The molecule has 28 heavy (non-hydrogen) atoms. The minimum Gasteiger partial charge on any atom is -0.471 e. The highest BCUT2D eigenvalue weighted by Gasteiger charge is 2.25. The van der Waals surface area contributed by atoms with Gasteiger partial charge < -0.3 is 9.47 Å². The van der Waals surface area contributed by atoms with Gasteiger partial charge in [0.2, 0.25) is 5.75 Å². The highest BCUT2D eigenvalue weighted by Crippen LogP contribution is 2.40. The van der Waals surface area contributed by atoms with Crippen LogP contribution in [0.1, 0.15) is 43.9 Å². The number of rotatable bonds is 6. The molecule has 0 unspecified atom stereocenters. The molecular formula is C21H21F2N3O2. The molecule has 0 N–H and O–H groups in total. The number of hydrogen-bond donors (Lipinski definition) is 0. The fraction of sp³-hybridized carbons (Fsp3) is 0.333. The van der Waals surface area contributed by atoms with Crippen LogP contribution >= 0.6 is 0 Å². The minimum atomic E-state index is -0.670. The molecule has 0 spiro atoms. The van der Waals surface area contributed by atoms with Gasteiger partial charge in [-0.25, -0.2) is 18.4 Å². The summed E-state index contributed by atoms with van der Waals surface area (Å²) in [6.07, 6.45) is 4.08. The van der Waals surface area contributed by atoms with Crippen LogP contribution in [0.3, 0.4) is 0 Å². The number of halogens is 2. The Morgan fingerprint density at radius 1 is 1.14 bits per heavy atom. The third kappa shape index (κ3) is 3.69. The van der Waals surface area contributed by atoms with E-state index >= 15 is 0 Å². The molecular weight excluding hydrogens is 364 g/mol. The maximum atomic E-state index is 14.1. The molecule has 146 valence electrons. The lowest BCUT2D eigenvalue weighted by Crippen LogP contribution is -2.07. The first-order chi connectivity index (χ1) is 13.4. The average molecular weight is 385 g/mol. The highest BCUT2D eigenvalue weighted by atomic mass is 19.1. The Balaban J connectivity index is 1.72. The molecule has 2 heterocycles. The van der Waals surface area contributed by atoms with E-state index in [9.17, 15) is 8.78 Å². The van der Waals surface area contributed by atoms with Crippen molar-refractivity contribution >= 4 is 0 Å². The van der Waals surface area contributed by atoms with E-state index in [-0.39, 0.29) is 23.5 Å². The van der Waals surface area contributed by atoms with Crippen molar-refractivity contribution in [2.45, 2.75) is 45.6 Å². The zero-order valence-corrected chi connectivity index (χ0v) is 15.9. The van der Waals surface area contributed by atoms with Gasteiger partial charge in [0.05, 0.1) is 11.8 Å². The lowest BCUT2D eigenvalue weighted by molar-refractivity contribution is 0.222. The first kappa shape index (κ1) is 18.4. The standard InChI is InChI=1S/C21H21F2N3O2/c1-12(2)27-21-20(28-18-10-16(22)7-8-17(18)23)13(3)26(25-21)19-9-6-15(11-24-19)14-4-5-14/h6-12,14H,4-5H2,1-3H3. The Hall–Kier alpha value is -2.96. The molecule has 1 aliphatic carbocycles. The van der Waals surface area contributed by atoms with Crippen molar-refractivity contribution in [1.82, 2.24) is 14.8 Å². The molecule has 5 nitrogen and oxygen atoms in total. The fourth-order valence-electron chi connectivity index (χ4n) is 2.95. The van der Waals surface area contributed by atoms with Gasteiger partial charge in [0.1, 0.15) is 5.82 Å². The summed E-state index contributed by atoms with van der Waals surface area (Å²) >= 11 is 0. The third-order valence-electron chi connectivity index (χ3n) is 4.52. The Morgan fingerprint density at radius 3 is 2.57 bits per heavy atom. The van der Waals surface area contributed by atoms with E-state index in [1.807, 2.05) is 32.2 Å². The van der Waals surface area contributed by atoms with E-state index in [4.69, 9.17) is 9.47 Å². The van der Waals surface area contributed by atoms with Crippen molar-refractivity contribution in [2.24, 2.45) is 0 Å². The van der Waals surface area contributed by atoms with Crippen LogP contribution in [0, 0.1) is 18.6 Å². The average Bonchev–Trinajstić information content (AvgIpc) is 3.46. The van der Waals surface area contributed by atoms with Crippen molar-refractivity contribution in [3.63, 3.8) is 0 Å². The van der Waals surface area contributed by atoms with Crippen molar-refractivity contribution in [3.05, 3.63) is 59.4 Å². The molecule has 0 amide bonds. The zero-order chi connectivity index (χ0) is 19.8. The van der Waals surface area contributed by atoms with Crippen molar-refractivity contribution in [1.29, 1.82) is 0 Å². The number of hydrogen-bond acceptors (Lipinski definition) is 4. The SMILES string of the molecule is Cc1c(Oc2cc(F)ccc2F)c(OC(C)C)nn1-c1ccc(C2CC2)cn1. The van der Waals surface area contributed by atoms with Crippen LogP contribution in [0.25, 0.3) is 5.82 Å². The van der Waals surface area contributed by atoms with Crippen molar-refractivity contribution in [3.8, 4) is 23.2 Å². The molecule has 4 rings (SSSR count). The highest BCUT2D eigenvalue weighted by molar-refractivity contribution is 5.45. The lowest BCUT2D eigenvalue weighted by atomic mass is 10.2. The first-order valence-corrected chi connectivity index (χ1v) is 9.28. The Bertz CT molecular complexity index is 996. The molecule has 0 saturated heterocycles.